The normalized spacial score (nSPS) is 20.6. The number of rotatable bonds is 1. The van der Waals surface area contributed by atoms with Crippen LogP contribution in [0.3, 0.4) is 0 Å². The minimum Gasteiger partial charge on any atom is -0.390 e. The summed E-state index contributed by atoms with van der Waals surface area (Å²) < 4.78 is 0. The largest absolute Gasteiger partial charge is 0.390 e. The van der Waals surface area contributed by atoms with Crippen molar-refractivity contribution in [1.82, 2.24) is 4.98 Å². The van der Waals surface area contributed by atoms with E-state index in [9.17, 15) is 5.11 Å². The fraction of sp³-hybridized carbons (Fsp3) is 0.545. The third kappa shape index (κ3) is 1.53. The molecule has 1 unspecified atom stereocenters. The maximum atomic E-state index is 9.76. The van der Waals surface area contributed by atoms with Crippen LogP contribution >= 0.6 is 0 Å². The summed E-state index contributed by atoms with van der Waals surface area (Å²) in [5.74, 6) is 0. The Hall–Kier alpha value is -0.930. The quantitative estimate of drug-likeness (QED) is 0.705. The standard InChI is InChI=1S/C11H15NO2/c1-7-5-8(6-13)12-11-9(7)3-2-4-10(11)14/h5,10,13-14H,2-4,6H2,1H3. The lowest BCUT2D eigenvalue weighted by Gasteiger charge is -2.22. The van der Waals surface area contributed by atoms with Gasteiger partial charge in [0.25, 0.3) is 0 Å². The van der Waals surface area contributed by atoms with E-state index >= 15 is 0 Å². The molecule has 1 aliphatic rings. The van der Waals surface area contributed by atoms with Crippen molar-refractivity contribution >= 4 is 0 Å². The molecule has 0 saturated carbocycles. The van der Waals surface area contributed by atoms with Gasteiger partial charge < -0.3 is 10.2 Å². The maximum absolute atomic E-state index is 9.76. The fourth-order valence-corrected chi connectivity index (χ4v) is 2.08. The molecule has 0 fully saturated rings. The highest BCUT2D eigenvalue weighted by Gasteiger charge is 2.21. The van der Waals surface area contributed by atoms with Gasteiger partial charge in [0.2, 0.25) is 0 Å². The van der Waals surface area contributed by atoms with Gasteiger partial charge in [0, 0.05) is 0 Å². The van der Waals surface area contributed by atoms with E-state index in [0.29, 0.717) is 5.69 Å². The third-order valence-electron chi connectivity index (χ3n) is 2.81. The number of fused-ring (bicyclic) bond motifs is 1. The van der Waals surface area contributed by atoms with Crippen molar-refractivity contribution in [2.24, 2.45) is 0 Å². The third-order valence-corrected chi connectivity index (χ3v) is 2.81. The van der Waals surface area contributed by atoms with Crippen LogP contribution in [0.1, 0.15) is 41.5 Å². The Labute approximate surface area is 83.4 Å². The SMILES string of the molecule is Cc1cc(CO)nc2c1CCCC2O. The van der Waals surface area contributed by atoms with Crippen molar-refractivity contribution in [2.45, 2.75) is 38.9 Å². The van der Waals surface area contributed by atoms with Crippen molar-refractivity contribution in [1.29, 1.82) is 0 Å². The number of aliphatic hydroxyl groups excluding tert-OH is 2. The first-order valence-corrected chi connectivity index (χ1v) is 5.00. The summed E-state index contributed by atoms with van der Waals surface area (Å²) in [5.41, 5.74) is 3.74. The van der Waals surface area contributed by atoms with E-state index in [1.807, 2.05) is 13.0 Å². The molecular formula is C11H15NO2. The summed E-state index contributed by atoms with van der Waals surface area (Å²) in [4.78, 5) is 4.27. The Bertz CT molecular complexity index is 349. The highest BCUT2D eigenvalue weighted by Crippen LogP contribution is 2.30. The molecule has 0 aromatic carbocycles. The van der Waals surface area contributed by atoms with Gasteiger partial charge in [0.05, 0.1) is 24.1 Å². The zero-order valence-electron chi connectivity index (χ0n) is 8.32. The van der Waals surface area contributed by atoms with Gasteiger partial charge in [0.1, 0.15) is 0 Å². The minimum absolute atomic E-state index is 0.0547. The second kappa shape index (κ2) is 3.67. The number of hydrogen-bond donors (Lipinski definition) is 2. The molecule has 0 saturated heterocycles. The molecule has 0 aliphatic heterocycles. The van der Waals surface area contributed by atoms with Crippen LogP contribution in [0.5, 0.6) is 0 Å². The van der Waals surface area contributed by atoms with Crippen LogP contribution in [0, 0.1) is 6.92 Å². The van der Waals surface area contributed by atoms with Crippen LogP contribution in [0.4, 0.5) is 0 Å². The monoisotopic (exact) mass is 193 g/mol. The fourth-order valence-electron chi connectivity index (χ4n) is 2.08. The lowest BCUT2D eigenvalue weighted by atomic mass is 9.90. The van der Waals surface area contributed by atoms with Gasteiger partial charge in [-0.3, -0.25) is 4.98 Å². The Morgan fingerprint density at radius 1 is 1.57 bits per heavy atom. The Morgan fingerprint density at radius 2 is 2.36 bits per heavy atom. The summed E-state index contributed by atoms with van der Waals surface area (Å²) in [6.45, 7) is 1.96. The molecule has 1 atom stereocenters. The van der Waals surface area contributed by atoms with Crippen LogP contribution in [-0.4, -0.2) is 15.2 Å². The maximum Gasteiger partial charge on any atom is 0.0962 e. The first-order valence-electron chi connectivity index (χ1n) is 5.00. The van der Waals surface area contributed by atoms with Gasteiger partial charge in [-0.1, -0.05) is 0 Å². The number of hydrogen-bond acceptors (Lipinski definition) is 3. The van der Waals surface area contributed by atoms with Gasteiger partial charge >= 0.3 is 0 Å². The first kappa shape index (κ1) is 9.62. The number of pyridine rings is 1. The number of nitrogens with zero attached hydrogens (tertiary/aromatic N) is 1. The van der Waals surface area contributed by atoms with Gasteiger partial charge in [-0.15, -0.1) is 0 Å². The summed E-state index contributed by atoms with van der Waals surface area (Å²) in [6, 6.07) is 1.90. The second-order valence-corrected chi connectivity index (χ2v) is 3.86. The number of aromatic nitrogens is 1. The Kier molecular flexibility index (Phi) is 2.52. The van der Waals surface area contributed by atoms with Crippen molar-refractivity contribution in [2.75, 3.05) is 0 Å². The predicted molar refractivity (Wildman–Crippen MR) is 52.8 cm³/mol. The zero-order valence-corrected chi connectivity index (χ0v) is 8.32. The van der Waals surface area contributed by atoms with E-state index in [1.54, 1.807) is 0 Å². The van der Waals surface area contributed by atoms with Crippen LogP contribution < -0.4 is 0 Å². The average Bonchev–Trinajstić information content (AvgIpc) is 2.19. The van der Waals surface area contributed by atoms with E-state index in [4.69, 9.17) is 5.11 Å². The molecule has 0 radical (unpaired) electrons. The van der Waals surface area contributed by atoms with E-state index in [0.717, 1.165) is 30.5 Å². The lowest BCUT2D eigenvalue weighted by Crippen LogP contribution is -2.14. The Balaban J connectivity index is 2.51. The molecule has 0 amide bonds. The van der Waals surface area contributed by atoms with Gasteiger partial charge in [-0.05, 0) is 43.4 Å². The summed E-state index contributed by atoms with van der Waals surface area (Å²) in [6.07, 6.45) is 2.37. The molecule has 0 bridgehead atoms. The Morgan fingerprint density at radius 3 is 3.07 bits per heavy atom. The molecule has 2 N–H and O–H groups in total. The van der Waals surface area contributed by atoms with Gasteiger partial charge in [-0.2, -0.15) is 0 Å². The van der Waals surface area contributed by atoms with Crippen LogP contribution in [-0.2, 0) is 13.0 Å². The molecule has 1 heterocycles. The predicted octanol–water partition coefficient (Wildman–Crippen LogP) is 1.25. The van der Waals surface area contributed by atoms with Crippen LogP contribution in [0.15, 0.2) is 6.07 Å². The van der Waals surface area contributed by atoms with Crippen molar-refractivity contribution < 1.29 is 10.2 Å². The second-order valence-electron chi connectivity index (χ2n) is 3.86. The van der Waals surface area contributed by atoms with Gasteiger partial charge in [0.15, 0.2) is 0 Å². The topological polar surface area (TPSA) is 53.4 Å². The van der Waals surface area contributed by atoms with Crippen molar-refractivity contribution in [3.63, 3.8) is 0 Å². The van der Waals surface area contributed by atoms with E-state index in [-0.39, 0.29) is 6.61 Å². The molecule has 2 rings (SSSR count). The highest BCUT2D eigenvalue weighted by atomic mass is 16.3. The van der Waals surface area contributed by atoms with Crippen LogP contribution in [0.2, 0.25) is 0 Å². The summed E-state index contributed by atoms with van der Waals surface area (Å²) >= 11 is 0. The van der Waals surface area contributed by atoms with Crippen LogP contribution in [0.25, 0.3) is 0 Å². The molecule has 0 spiro atoms. The molecule has 1 aliphatic carbocycles. The molecule has 1 aromatic rings. The van der Waals surface area contributed by atoms with E-state index < -0.39 is 6.10 Å². The van der Waals surface area contributed by atoms with Crippen molar-refractivity contribution in [3.05, 3.63) is 28.6 Å². The molecule has 1 aromatic heterocycles. The summed E-state index contributed by atoms with van der Waals surface area (Å²) in [5, 5.41) is 18.8. The number of aliphatic hydroxyl groups is 2. The lowest BCUT2D eigenvalue weighted by molar-refractivity contribution is 0.150. The molecular weight excluding hydrogens is 178 g/mol. The molecule has 3 nitrogen and oxygen atoms in total. The zero-order chi connectivity index (χ0) is 10.1. The number of aryl methyl sites for hydroxylation is 1. The molecule has 76 valence electrons. The van der Waals surface area contributed by atoms with E-state index in [1.165, 1.54) is 5.56 Å². The summed E-state index contributed by atoms with van der Waals surface area (Å²) in [7, 11) is 0. The van der Waals surface area contributed by atoms with Crippen molar-refractivity contribution in [3.8, 4) is 0 Å². The minimum atomic E-state index is -0.441. The molecule has 14 heavy (non-hydrogen) atoms. The first-order chi connectivity index (χ1) is 6.72. The van der Waals surface area contributed by atoms with Gasteiger partial charge in [-0.25, -0.2) is 0 Å². The smallest absolute Gasteiger partial charge is 0.0962 e. The molecule has 3 heteroatoms. The highest BCUT2D eigenvalue weighted by molar-refractivity contribution is 5.34. The van der Waals surface area contributed by atoms with E-state index in [2.05, 4.69) is 4.98 Å². The average molecular weight is 193 g/mol.